The highest BCUT2D eigenvalue weighted by atomic mass is 32.2. The number of carbonyl (C=O) groups is 2. The number of aliphatic hydroxyl groups excluding tert-OH is 6. The normalized spacial score (nSPS) is 27.3. The van der Waals surface area contributed by atoms with Crippen LogP contribution in [-0.2, 0) is 22.7 Å². The maximum Gasteiger partial charge on any atom is 0.251 e. The number of carbonyl (C=O) groups excluding carboxylic acids is 2. The number of nitrogens with one attached hydrogen (secondary N) is 2. The Hall–Kier alpha value is -4.95. The summed E-state index contributed by atoms with van der Waals surface area (Å²) in [6, 6.07) is 23.1. The Morgan fingerprint density at radius 3 is 1.33 bits per heavy atom. The lowest BCUT2D eigenvalue weighted by Crippen LogP contribution is -2.66. The van der Waals surface area contributed by atoms with E-state index in [1.807, 2.05) is 60.7 Å². The Morgan fingerprint density at radius 1 is 0.579 bits per heavy atom. The van der Waals surface area contributed by atoms with Gasteiger partial charge in [0, 0.05) is 23.3 Å². The first-order valence-electron chi connectivity index (χ1n) is 18.0. The van der Waals surface area contributed by atoms with Crippen molar-refractivity contribution in [3.8, 4) is 23.0 Å². The molecule has 6 rings (SSSR count). The number of hydrogen-bond donors (Lipinski definition) is 10. The molecule has 16 nitrogen and oxygen atoms in total. The van der Waals surface area contributed by atoms with Crippen molar-refractivity contribution in [1.29, 1.82) is 0 Å². The minimum atomic E-state index is -1.70. The molecule has 2 aliphatic rings. The summed E-state index contributed by atoms with van der Waals surface area (Å²) in [5.41, 5.74) is -1.25. The van der Waals surface area contributed by atoms with Gasteiger partial charge in [0.1, 0.15) is 83.7 Å². The average molecular weight is 809 g/mol. The minimum Gasteiger partial charge on any atom is -0.508 e. The van der Waals surface area contributed by atoms with Gasteiger partial charge in [-0.05, 0) is 35.4 Å². The molecule has 304 valence electrons. The van der Waals surface area contributed by atoms with Crippen LogP contribution >= 0.6 is 11.8 Å². The number of phenols is 2. The monoisotopic (exact) mass is 808 g/mol. The Morgan fingerprint density at radius 2 is 0.965 bits per heavy atom. The number of thioether (sulfide) groups is 1. The van der Waals surface area contributed by atoms with Gasteiger partial charge in [-0.3, -0.25) is 9.59 Å². The van der Waals surface area contributed by atoms with Crippen LogP contribution in [0.25, 0.3) is 0 Å². The van der Waals surface area contributed by atoms with Gasteiger partial charge >= 0.3 is 0 Å². The lowest BCUT2D eigenvalue weighted by Gasteiger charge is -2.46. The van der Waals surface area contributed by atoms with Gasteiger partial charge in [-0.1, -0.05) is 72.4 Å². The predicted octanol–water partition coefficient (Wildman–Crippen LogP) is 0.764. The number of amides is 2. The molecule has 57 heavy (non-hydrogen) atoms. The van der Waals surface area contributed by atoms with Crippen LogP contribution < -0.4 is 20.1 Å². The topological polar surface area (TPSA) is 257 Å². The fraction of sp³-hybridized carbons (Fsp3) is 0.350. The van der Waals surface area contributed by atoms with E-state index in [1.54, 1.807) is 0 Å². The van der Waals surface area contributed by atoms with Crippen LogP contribution in [0.2, 0.25) is 0 Å². The van der Waals surface area contributed by atoms with E-state index >= 15 is 0 Å². The molecule has 0 aliphatic carbocycles. The van der Waals surface area contributed by atoms with Crippen molar-refractivity contribution in [2.24, 2.45) is 0 Å². The van der Waals surface area contributed by atoms with Crippen LogP contribution in [0, 0.1) is 0 Å². The van der Waals surface area contributed by atoms with Crippen molar-refractivity contribution in [2.75, 3.05) is 13.2 Å². The lowest BCUT2D eigenvalue weighted by molar-refractivity contribution is -0.175. The molecule has 2 aliphatic heterocycles. The van der Waals surface area contributed by atoms with Crippen molar-refractivity contribution >= 4 is 23.6 Å². The summed E-state index contributed by atoms with van der Waals surface area (Å²) in [6.45, 7) is -1.19. The van der Waals surface area contributed by atoms with E-state index in [-0.39, 0.29) is 47.3 Å². The lowest BCUT2D eigenvalue weighted by atomic mass is 9.96. The maximum absolute atomic E-state index is 13.5. The van der Waals surface area contributed by atoms with Crippen LogP contribution in [0.15, 0.2) is 97.1 Å². The summed E-state index contributed by atoms with van der Waals surface area (Å²) < 4.78 is 23.0. The fourth-order valence-corrected chi connectivity index (χ4v) is 7.76. The maximum atomic E-state index is 13.5. The molecule has 0 radical (unpaired) electrons. The molecule has 10 atom stereocenters. The summed E-state index contributed by atoms with van der Waals surface area (Å²) in [5, 5.41) is 90.7. The molecule has 2 amide bonds. The zero-order valence-electron chi connectivity index (χ0n) is 30.3. The molecule has 0 saturated carbocycles. The Bertz CT molecular complexity index is 1820. The summed E-state index contributed by atoms with van der Waals surface area (Å²) in [6.07, 6.45) is -9.34. The molecule has 4 aromatic rings. The minimum absolute atomic E-state index is 0.0697. The Balaban J connectivity index is 1.14. The smallest absolute Gasteiger partial charge is 0.251 e. The second-order valence-electron chi connectivity index (χ2n) is 13.5. The van der Waals surface area contributed by atoms with Gasteiger partial charge in [0.2, 0.25) is 0 Å². The van der Waals surface area contributed by atoms with Crippen molar-refractivity contribution in [3.63, 3.8) is 0 Å². The van der Waals surface area contributed by atoms with Crippen LogP contribution in [-0.4, -0.2) is 125 Å². The van der Waals surface area contributed by atoms with Gasteiger partial charge in [-0.2, -0.15) is 0 Å². The highest BCUT2D eigenvalue weighted by molar-refractivity contribution is 8.00. The number of ether oxygens (including phenoxy) is 4. The van der Waals surface area contributed by atoms with E-state index < -0.39 is 84.6 Å². The third kappa shape index (κ3) is 10.3. The van der Waals surface area contributed by atoms with Crippen LogP contribution in [0.1, 0.15) is 31.8 Å². The van der Waals surface area contributed by atoms with Crippen LogP contribution in [0.5, 0.6) is 23.0 Å². The van der Waals surface area contributed by atoms with E-state index in [2.05, 4.69) is 10.6 Å². The number of aromatic hydroxyl groups is 2. The molecule has 2 fully saturated rings. The number of phenolic OH excluding ortho intramolecular Hbond substituents is 2. The molecular formula is C40H44N2O14S. The van der Waals surface area contributed by atoms with Gasteiger partial charge in [0.25, 0.3) is 11.8 Å². The van der Waals surface area contributed by atoms with E-state index in [1.165, 1.54) is 24.3 Å². The zero-order chi connectivity index (χ0) is 40.6. The van der Waals surface area contributed by atoms with Crippen molar-refractivity contribution < 1.29 is 69.4 Å². The standard InChI is InChI=1S/C40H44N2O14S/c43-17-29-33(47)31(41-37(51)23-11-25(45)15-27(13-23)53-19-21-7-3-1-4-8-21)35(49)39(55-29)57-40-36(50)32(34(48)30(18-44)56-40)42-38(52)24-12-26(46)16-28(14-24)54-20-22-9-5-2-6-10-22/h1-16,29-36,39-40,43-50H,17-20H2,(H,41,51)(H,42,52)/t29-,30-,31+,32+,33+,34+,35-,36-,39?,40?/m1/s1. The molecule has 2 unspecified atom stereocenters. The Labute approximate surface area is 331 Å². The van der Waals surface area contributed by atoms with Crippen molar-refractivity contribution in [1.82, 2.24) is 10.6 Å². The highest BCUT2D eigenvalue weighted by Gasteiger charge is 2.50. The van der Waals surface area contributed by atoms with Crippen molar-refractivity contribution in [2.45, 2.75) is 72.8 Å². The molecule has 0 bridgehead atoms. The summed E-state index contributed by atoms with van der Waals surface area (Å²) in [7, 11) is 0. The first kappa shape index (κ1) is 41.7. The molecule has 4 aromatic carbocycles. The highest BCUT2D eigenvalue weighted by Crippen LogP contribution is 2.37. The summed E-state index contributed by atoms with van der Waals surface area (Å²) in [4.78, 5) is 26.9. The molecule has 0 aromatic heterocycles. The Kier molecular flexibility index (Phi) is 13.9. The second-order valence-corrected chi connectivity index (χ2v) is 14.7. The van der Waals surface area contributed by atoms with Gasteiger partial charge < -0.3 is 70.4 Å². The average Bonchev–Trinajstić information content (AvgIpc) is 3.21. The van der Waals surface area contributed by atoms with Crippen LogP contribution in [0.3, 0.4) is 0 Å². The molecule has 0 spiro atoms. The number of hydrogen-bond acceptors (Lipinski definition) is 15. The third-order valence-corrected chi connectivity index (χ3v) is 10.8. The fourth-order valence-electron chi connectivity index (χ4n) is 6.42. The van der Waals surface area contributed by atoms with Gasteiger partial charge in [-0.15, -0.1) is 0 Å². The molecule has 10 N–H and O–H groups in total. The van der Waals surface area contributed by atoms with E-state index in [4.69, 9.17) is 18.9 Å². The van der Waals surface area contributed by atoms with E-state index in [0.717, 1.165) is 23.3 Å². The molecular weight excluding hydrogens is 765 g/mol. The number of rotatable bonds is 14. The van der Waals surface area contributed by atoms with Crippen molar-refractivity contribution in [3.05, 3.63) is 119 Å². The molecule has 2 heterocycles. The summed E-state index contributed by atoms with van der Waals surface area (Å²) >= 11 is 0.661. The first-order chi connectivity index (χ1) is 27.4. The zero-order valence-corrected chi connectivity index (χ0v) is 31.1. The van der Waals surface area contributed by atoms with E-state index in [9.17, 15) is 50.4 Å². The summed E-state index contributed by atoms with van der Waals surface area (Å²) in [5.74, 6) is -1.86. The van der Waals surface area contributed by atoms with Crippen LogP contribution in [0.4, 0.5) is 0 Å². The van der Waals surface area contributed by atoms with Gasteiger partial charge in [0.05, 0.1) is 25.3 Å². The molecule has 2 saturated heterocycles. The second kappa shape index (κ2) is 19.0. The first-order valence-corrected chi connectivity index (χ1v) is 18.9. The van der Waals surface area contributed by atoms with Gasteiger partial charge in [-0.25, -0.2) is 0 Å². The third-order valence-electron chi connectivity index (χ3n) is 9.44. The van der Waals surface area contributed by atoms with Gasteiger partial charge in [0.15, 0.2) is 0 Å². The SMILES string of the molecule is O=C(N[C@H]1[C@@H](O)[C@@H](CO)OC(SC2O[C@H](CO)[C@H](O)[C@H](NC(=O)c3cc(O)cc(OCc4ccccc4)c3)[C@H]2O)[C@@H]1O)c1cc(O)cc(OCc2ccccc2)c1. The quantitative estimate of drug-likeness (QED) is 0.0844. The molecule has 17 heteroatoms. The number of benzene rings is 4. The number of aliphatic hydroxyl groups is 6. The van der Waals surface area contributed by atoms with E-state index in [0.29, 0.717) is 11.8 Å². The predicted molar refractivity (Wildman–Crippen MR) is 203 cm³/mol. The largest absolute Gasteiger partial charge is 0.508 e.